The minimum Gasteiger partial charge on any atom is -0.494 e. The lowest BCUT2D eigenvalue weighted by molar-refractivity contribution is -0.337. The van der Waals surface area contributed by atoms with Crippen molar-refractivity contribution in [1.82, 2.24) is 21.1 Å². The number of methoxy groups -OCH3 is 5. The quantitative estimate of drug-likeness (QED) is 0.0113. The maximum Gasteiger partial charge on any atom is 0.411 e. The molecule has 0 saturated carbocycles. The summed E-state index contributed by atoms with van der Waals surface area (Å²) in [6.07, 6.45) is -14.8. The number of Topliss-reactive ketones (excluding diaryl/α,β-unsaturated/α-hetero) is 2. The number of aliphatic hydroxyl groups excluding tert-OH is 4. The zero-order valence-corrected chi connectivity index (χ0v) is 67.5. The number of hydrogen-bond acceptors (Lipinski definition) is 30. The molecule has 3 amide bonds. The number of nitrogens with one attached hydrogen (secondary N) is 3. The monoisotopic (exact) mass is 1680 g/mol. The molecule has 17 unspecified atom stereocenters. The van der Waals surface area contributed by atoms with E-state index in [4.69, 9.17) is 66.4 Å². The summed E-state index contributed by atoms with van der Waals surface area (Å²) in [5.41, 5.74) is 4.66. The predicted molar refractivity (Wildman–Crippen MR) is 406 cm³/mol. The molecule has 594 valence electrons. The number of halogens is 1. The summed E-state index contributed by atoms with van der Waals surface area (Å²) in [5, 5.41) is 64.6. The molecular formula is C74H98IN5O25S3. The summed E-state index contributed by atoms with van der Waals surface area (Å²) < 4.78 is 78.3. The van der Waals surface area contributed by atoms with E-state index in [1.807, 2.05) is 55.5 Å². The number of nitrogens with zero attached hydrogens (tertiary/aromatic N) is 2. The van der Waals surface area contributed by atoms with Crippen molar-refractivity contribution in [2.24, 2.45) is 5.10 Å². The number of allylic oxidation sites excluding steroid dienone is 3. The van der Waals surface area contributed by atoms with Gasteiger partial charge < -0.3 is 96.8 Å². The standard InChI is InChI=1S/C74H98IN5O25S3/c1-16-80(43(8)82)47-36-98-53(33-51(47)92-11)103-66-61(87)58(79-105-54-32-48(83)68(42(7)99-54)107-69(89)55-38(3)57(75)64(67(95-14)63(55)93-12)104-70-62(88)65(94-13)60(86)41(6)101-70)40(5)100-71(66)102-50-23-19-17-18-20-29-74(91)34-49(84)59(76-72(90)96-15)56(50)46(74)28-31-106-108-73(9,10)35-52(85)78-77-39(4)44-24-26-45(27-25-44)97-30-21-22-37(2)81/h17-18,24-28,40-42,47-48,50-51,53-54,58,60-62,65-66,68,70-71,79,83,86-88,91H,16,21-22,30-36H2,1-15H3,(H,76,90)(H,78,85)/b18-17-,46-28+,77-39+/t40?,41?,42?,47?,48?,50-,51?,53?,54?,58?,60?,61?,62?,65?,66?,68?,70?,71?,74-/m0/s1. The van der Waals surface area contributed by atoms with E-state index in [0.717, 1.165) is 24.4 Å². The van der Waals surface area contributed by atoms with E-state index in [9.17, 15) is 54.3 Å². The van der Waals surface area contributed by atoms with Crippen molar-refractivity contribution in [2.75, 3.05) is 61.1 Å². The van der Waals surface area contributed by atoms with E-state index < -0.39 is 143 Å². The number of carbonyl (C=O) groups excluding carboxylic acids is 6. The fourth-order valence-corrected chi connectivity index (χ4v) is 17.2. The fraction of sp³-hybridized carbons (Fsp3) is 0.608. The summed E-state index contributed by atoms with van der Waals surface area (Å²) in [6.45, 7) is 17.5. The number of aliphatic hydroxyl groups is 5. The molecule has 2 bridgehead atoms. The van der Waals surface area contributed by atoms with Crippen LogP contribution in [0.4, 0.5) is 4.79 Å². The minimum absolute atomic E-state index is 0.00201. The van der Waals surface area contributed by atoms with Crippen LogP contribution in [0.3, 0.4) is 0 Å². The van der Waals surface area contributed by atoms with Crippen molar-refractivity contribution in [3.8, 4) is 46.7 Å². The molecule has 0 spiro atoms. The van der Waals surface area contributed by atoms with Gasteiger partial charge in [0, 0.05) is 75.0 Å². The first-order chi connectivity index (χ1) is 51.3. The highest BCUT2D eigenvalue weighted by Gasteiger charge is 2.53. The van der Waals surface area contributed by atoms with Crippen molar-refractivity contribution in [2.45, 2.75) is 228 Å². The molecule has 6 aliphatic rings. The van der Waals surface area contributed by atoms with Gasteiger partial charge in [0.25, 0.3) is 0 Å². The number of ether oxygens (including phenoxy) is 13. The highest BCUT2D eigenvalue weighted by molar-refractivity contribution is 14.1. The second kappa shape index (κ2) is 40.0. The lowest BCUT2D eigenvalue weighted by atomic mass is 9.75. The van der Waals surface area contributed by atoms with Gasteiger partial charge in [-0.25, -0.2) is 10.2 Å². The molecule has 0 aromatic heterocycles. The van der Waals surface area contributed by atoms with Crippen LogP contribution >= 0.6 is 55.9 Å². The third-order valence-electron chi connectivity index (χ3n) is 18.7. The van der Waals surface area contributed by atoms with Crippen molar-refractivity contribution in [3.05, 3.63) is 79.6 Å². The van der Waals surface area contributed by atoms with Crippen LogP contribution < -0.4 is 35.2 Å². The number of carbonyl (C=O) groups is 6. The molecule has 30 nitrogen and oxygen atoms in total. The molecule has 4 fully saturated rings. The van der Waals surface area contributed by atoms with Crippen LogP contribution in [0.1, 0.15) is 122 Å². The molecule has 8 N–H and O–H groups in total. The van der Waals surface area contributed by atoms with Gasteiger partial charge in [-0.2, -0.15) is 10.6 Å². The number of hydroxylamine groups is 1. The maximum atomic E-state index is 14.6. The van der Waals surface area contributed by atoms with E-state index in [2.05, 4.69) is 45.0 Å². The van der Waals surface area contributed by atoms with Gasteiger partial charge >= 0.3 is 6.09 Å². The minimum atomic E-state index is -2.23. The van der Waals surface area contributed by atoms with Gasteiger partial charge in [-0.3, -0.25) is 29.3 Å². The number of rotatable bonds is 31. The molecule has 34 heteroatoms. The van der Waals surface area contributed by atoms with Crippen LogP contribution in [0.25, 0.3) is 0 Å². The molecule has 4 saturated heterocycles. The smallest absolute Gasteiger partial charge is 0.411 e. The van der Waals surface area contributed by atoms with Crippen molar-refractivity contribution in [1.29, 1.82) is 0 Å². The molecule has 0 radical (unpaired) electrons. The van der Waals surface area contributed by atoms with Crippen molar-refractivity contribution < 1.29 is 121 Å². The number of hydrogen-bond donors (Lipinski definition) is 8. The summed E-state index contributed by atoms with van der Waals surface area (Å²) in [5.74, 6) is 11.1. The van der Waals surface area contributed by atoms with Gasteiger partial charge in [0.1, 0.15) is 48.2 Å². The summed E-state index contributed by atoms with van der Waals surface area (Å²) in [4.78, 5) is 87.7. The summed E-state index contributed by atoms with van der Waals surface area (Å²) in [7, 11) is 9.30. The molecule has 108 heavy (non-hydrogen) atoms. The molecule has 2 aliphatic carbocycles. The van der Waals surface area contributed by atoms with Crippen LogP contribution in [-0.2, 0) is 66.6 Å². The zero-order valence-electron chi connectivity index (χ0n) is 62.9. The Morgan fingerprint density at radius 2 is 1.56 bits per heavy atom. The average Bonchev–Trinajstić information content (AvgIpc) is 0.755. The number of benzene rings is 2. The zero-order chi connectivity index (χ0) is 79.1. The third kappa shape index (κ3) is 21.8. The second-order valence-corrected chi connectivity index (χ2v) is 32.3. The van der Waals surface area contributed by atoms with Crippen LogP contribution in [-0.4, -0.2) is 252 Å². The average molecular weight is 1680 g/mol. The van der Waals surface area contributed by atoms with Gasteiger partial charge in [0.05, 0.1) is 109 Å². The van der Waals surface area contributed by atoms with Crippen LogP contribution in [0.15, 0.2) is 64.4 Å². The number of likely N-dealkylation sites (N-methyl/N-ethyl adjacent to an activating group) is 1. The van der Waals surface area contributed by atoms with E-state index in [1.165, 1.54) is 76.0 Å². The Balaban J connectivity index is 1.02. The van der Waals surface area contributed by atoms with E-state index in [0.29, 0.717) is 46.6 Å². The highest BCUT2D eigenvalue weighted by Crippen LogP contribution is 2.49. The predicted octanol–water partition coefficient (Wildman–Crippen LogP) is 5.63. The Kier molecular flexibility index (Phi) is 32.4. The second-order valence-electron chi connectivity index (χ2n) is 27.0. The van der Waals surface area contributed by atoms with E-state index in [-0.39, 0.29) is 88.9 Å². The number of thioether (sulfide) groups is 1. The summed E-state index contributed by atoms with van der Waals surface area (Å²) in [6, 6.07) is 5.48. The van der Waals surface area contributed by atoms with Crippen LogP contribution in [0.2, 0.25) is 0 Å². The normalized spacial score (nSPS) is 30.7. The number of hydrazone groups is 1. The Bertz CT molecular complexity index is 3790. The van der Waals surface area contributed by atoms with Crippen molar-refractivity contribution >= 4 is 96.2 Å². The van der Waals surface area contributed by atoms with Gasteiger partial charge in [0.15, 0.2) is 41.8 Å². The van der Waals surface area contributed by atoms with Crippen LogP contribution in [0, 0.1) is 34.2 Å². The van der Waals surface area contributed by atoms with Crippen molar-refractivity contribution in [3.63, 3.8) is 0 Å². The summed E-state index contributed by atoms with van der Waals surface area (Å²) >= 11 is 2.78. The molecule has 2 aromatic rings. The van der Waals surface area contributed by atoms with Gasteiger partial charge in [0.2, 0.25) is 29.0 Å². The molecule has 8 rings (SSSR count). The topological polar surface area (TPSA) is 384 Å². The first-order valence-electron chi connectivity index (χ1n) is 35.1. The Morgan fingerprint density at radius 1 is 0.852 bits per heavy atom. The first-order valence-corrected chi connectivity index (χ1v) is 39.4. The first kappa shape index (κ1) is 87.6. The molecule has 4 aliphatic heterocycles. The van der Waals surface area contributed by atoms with Crippen LogP contribution in [0.5, 0.6) is 23.0 Å². The highest BCUT2D eigenvalue weighted by atomic mass is 127. The van der Waals surface area contributed by atoms with E-state index >= 15 is 0 Å². The SMILES string of the molecule is CCN(C(C)=O)C1COC(OC2C(O[C@H]3C#C/C=C\C#C[C@]4(O)CC(=O)C(NC(=O)OC)=C3/C4=C\CSSC(C)(C)CC(=O)N/N=C(\C)c3ccc(OCCCC(C)=O)cc3)OC(C)C(NOC3CC(O)C(SC(=O)c4c(C)c(I)c(OC5OC(C)C(O)C(OC)C5O)c(OC)c4OC)C(C)O3)C2O)CC1OC. The lowest BCUT2D eigenvalue weighted by Crippen LogP contribution is -2.65. The molecule has 4 heterocycles. The number of amides is 3. The molecule has 19 atom stereocenters. The van der Waals surface area contributed by atoms with Gasteiger partial charge in [-0.05, 0) is 139 Å². The van der Waals surface area contributed by atoms with Gasteiger partial charge in [-0.1, -0.05) is 63.1 Å². The fourth-order valence-electron chi connectivity index (χ4n) is 13.1. The van der Waals surface area contributed by atoms with Gasteiger partial charge in [-0.15, -0.1) is 0 Å². The number of ketones is 2. The Labute approximate surface area is 654 Å². The Hall–Kier alpha value is -5.95. The lowest BCUT2D eigenvalue weighted by Gasteiger charge is -2.47. The Morgan fingerprint density at radius 3 is 2.20 bits per heavy atom. The largest absolute Gasteiger partial charge is 0.494 e. The molecule has 2 aromatic carbocycles. The van der Waals surface area contributed by atoms with E-state index in [1.54, 1.807) is 57.7 Å². The number of fused-ring (bicyclic) bond motifs is 2. The third-order valence-corrected chi connectivity index (χ3v) is 24.6. The molecular weight excluding hydrogens is 1580 g/mol. The number of alkyl carbamates (subject to hydrolysis) is 1. The maximum absolute atomic E-state index is 14.6.